The van der Waals surface area contributed by atoms with Crippen LogP contribution < -0.4 is 5.32 Å². The van der Waals surface area contributed by atoms with E-state index in [9.17, 15) is 14.7 Å². The summed E-state index contributed by atoms with van der Waals surface area (Å²) in [6.45, 7) is 0. The fourth-order valence-electron chi connectivity index (χ4n) is 3.64. The maximum atomic E-state index is 12.7. The standard InChI is InChI=1S/C23H19NO3/c25-21(18-12-10-17(11-13-18)16-6-2-1-3-7-16)24-23(22(26)27)14-19-8-4-5-9-20(19)15-23/h1-13H,14-15H2,(H,24,25)(H,26,27). The molecule has 1 aliphatic carbocycles. The summed E-state index contributed by atoms with van der Waals surface area (Å²) >= 11 is 0. The van der Waals surface area contributed by atoms with Crippen LogP contribution in [0.1, 0.15) is 21.5 Å². The van der Waals surface area contributed by atoms with Crippen molar-refractivity contribution < 1.29 is 14.7 Å². The number of amides is 1. The van der Waals surface area contributed by atoms with Gasteiger partial charge in [0.25, 0.3) is 5.91 Å². The van der Waals surface area contributed by atoms with Gasteiger partial charge in [-0.05, 0) is 34.4 Å². The number of hydrogen-bond acceptors (Lipinski definition) is 2. The zero-order valence-electron chi connectivity index (χ0n) is 14.7. The van der Waals surface area contributed by atoms with E-state index in [1.807, 2.05) is 66.7 Å². The van der Waals surface area contributed by atoms with Crippen LogP contribution in [0.15, 0.2) is 78.9 Å². The van der Waals surface area contributed by atoms with Crippen molar-refractivity contribution in [2.45, 2.75) is 18.4 Å². The van der Waals surface area contributed by atoms with E-state index in [4.69, 9.17) is 0 Å². The third kappa shape index (κ3) is 3.22. The van der Waals surface area contributed by atoms with Crippen molar-refractivity contribution in [1.82, 2.24) is 5.32 Å². The first kappa shape index (κ1) is 17.0. The first-order chi connectivity index (χ1) is 13.1. The molecule has 0 saturated carbocycles. The molecule has 0 unspecified atom stereocenters. The summed E-state index contributed by atoms with van der Waals surface area (Å²) in [5.41, 5.74) is 3.18. The lowest BCUT2D eigenvalue weighted by molar-refractivity contribution is -0.144. The molecule has 4 heteroatoms. The van der Waals surface area contributed by atoms with Crippen LogP contribution in [0.2, 0.25) is 0 Å². The largest absolute Gasteiger partial charge is 0.479 e. The van der Waals surface area contributed by atoms with Gasteiger partial charge in [0.15, 0.2) is 0 Å². The molecule has 0 aliphatic heterocycles. The lowest BCUT2D eigenvalue weighted by atomic mass is 9.95. The average molecular weight is 357 g/mol. The minimum Gasteiger partial charge on any atom is -0.479 e. The topological polar surface area (TPSA) is 66.4 Å². The van der Waals surface area contributed by atoms with Gasteiger partial charge in [-0.15, -0.1) is 0 Å². The summed E-state index contributed by atoms with van der Waals surface area (Å²) in [4.78, 5) is 24.7. The van der Waals surface area contributed by atoms with Gasteiger partial charge in [0.2, 0.25) is 0 Å². The summed E-state index contributed by atoms with van der Waals surface area (Å²) in [6.07, 6.45) is 0.596. The van der Waals surface area contributed by atoms with Crippen LogP contribution in [0.3, 0.4) is 0 Å². The number of carbonyl (C=O) groups is 2. The fraction of sp³-hybridized carbons (Fsp3) is 0.130. The van der Waals surface area contributed by atoms with Gasteiger partial charge in [0.1, 0.15) is 5.54 Å². The second-order valence-corrected chi connectivity index (χ2v) is 6.91. The maximum absolute atomic E-state index is 12.7. The zero-order valence-corrected chi connectivity index (χ0v) is 14.7. The second-order valence-electron chi connectivity index (χ2n) is 6.91. The van der Waals surface area contributed by atoms with E-state index in [-0.39, 0.29) is 5.91 Å². The molecule has 1 amide bonds. The summed E-state index contributed by atoms with van der Waals surface area (Å²) in [6, 6.07) is 24.7. The van der Waals surface area contributed by atoms with Gasteiger partial charge in [-0.1, -0.05) is 66.7 Å². The van der Waals surface area contributed by atoms with Gasteiger partial charge >= 0.3 is 5.97 Å². The Morgan fingerprint density at radius 3 is 1.81 bits per heavy atom. The van der Waals surface area contributed by atoms with Gasteiger partial charge in [-0.2, -0.15) is 0 Å². The number of carboxylic acids is 1. The Hall–Kier alpha value is -3.40. The van der Waals surface area contributed by atoms with Crippen LogP contribution in [0.4, 0.5) is 0 Å². The lowest BCUT2D eigenvalue weighted by Gasteiger charge is -2.25. The first-order valence-electron chi connectivity index (χ1n) is 8.86. The summed E-state index contributed by atoms with van der Waals surface area (Å²) in [7, 11) is 0. The Morgan fingerprint density at radius 1 is 0.741 bits per heavy atom. The molecule has 0 heterocycles. The molecule has 27 heavy (non-hydrogen) atoms. The highest BCUT2D eigenvalue weighted by atomic mass is 16.4. The Kier molecular flexibility index (Phi) is 4.24. The highest BCUT2D eigenvalue weighted by Gasteiger charge is 2.45. The van der Waals surface area contributed by atoms with Crippen LogP contribution >= 0.6 is 0 Å². The summed E-state index contributed by atoms with van der Waals surface area (Å²) < 4.78 is 0. The molecule has 4 nitrogen and oxygen atoms in total. The highest BCUT2D eigenvalue weighted by molar-refractivity contribution is 5.98. The van der Waals surface area contributed by atoms with Gasteiger partial charge in [0, 0.05) is 18.4 Å². The summed E-state index contributed by atoms with van der Waals surface area (Å²) in [5, 5.41) is 12.6. The molecule has 3 aromatic rings. The molecule has 4 rings (SSSR count). The molecule has 0 atom stereocenters. The quantitative estimate of drug-likeness (QED) is 0.748. The number of carbonyl (C=O) groups excluding carboxylic acids is 1. The predicted molar refractivity (Wildman–Crippen MR) is 104 cm³/mol. The van der Waals surface area contributed by atoms with Crippen molar-refractivity contribution in [2.75, 3.05) is 0 Å². The number of rotatable bonds is 4. The molecule has 0 saturated heterocycles. The third-order valence-corrected chi connectivity index (χ3v) is 5.12. The number of aliphatic carboxylic acids is 1. The van der Waals surface area contributed by atoms with Crippen molar-refractivity contribution in [1.29, 1.82) is 0 Å². The number of carboxylic acid groups (broad SMARTS) is 1. The Labute approximate surface area is 157 Å². The molecular weight excluding hydrogens is 338 g/mol. The predicted octanol–water partition coefficient (Wildman–Crippen LogP) is 3.71. The van der Waals surface area contributed by atoms with Crippen molar-refractivity contribution in [3.05, 3.63) is 95.6 Å². The average Bonchev–Trinajstić information content (AvgIpc) is 3.08. The maximum Gasteiger partial charge on any atom is 0.330 e. The number of nitrogens with one attached hydrogen (secondary N) is 1. The zero-order chi connectivity index (χ0) is 18.9. The van der Waals surface area contributed by atoms with Crippen molar-refractivity contribution in [2.24, 2.45) is 0 Å². The Bertz CT molecular complexity index is 969. The Balaban J connectivity index is 1.55. The van der Waals surface area contributed by atoms with Crippen LogP contribution in [-0.4, -0.2) is 22.5 Å². The van der Waals surface area contributed by atoms with E-state index in [1.165, 1.54) is 0 Å². The van der Waals surface area contributed by atoms with E-state index < -0.39 is 11.5 Å². The van der Waals surface area contributed by atoms with E-state index in [0.717, 1.165) is 22.3 Å². The summed E-state index contributed by atoms with van der Waals surface area (Å²) in [5.74, 6) is -1.38. The molecule has 2 N–H and O–H groups in total. The molecule has 1 aliphatic rings. The van der Waals surface area contributed by atoms with Crippen LogP contribution in [0, 0.1) is 0 Å². The van der Waals surface area contributed by atoms with E-state index >= 15 is 0 Å². The van der Waals surface area contributed by atoms with Gasteiger partial charge in [-0.25, -0.2) is 4.79 Å². The monoisotopic (exact) mass is 357 g/mol. The molecule has 0 spiro atoms. The van der Waals surface area contributed by atoms with Crippen molar-refractivity contribution >= 4 is 11.9 Å². The smallest absolute Gasteiger partial charge is 0.330 e. The Morgan fingerprint density at radius 2 is 1.26 bits per heavy atom. The van der Waals surface area contributed by atoms with Crippen LogP contribution in [0.5, 0.6) is 0 Å². The molecule has 134 valence electrons. The van der Waals surface area contributed by atoms with Crippen molar-refractivity contribution in [3.63, 3.8) is 0 Å². The number of fused-ring (bicyclic) bond motifs is 1. The molecule has 0 bridgehead atoms. The number of hydrogen-bond donors (Lipinski definition) is 2. The van der Waals surface area contributed by atoms with Gasteiger partial charge in [0.05, 0.1) is 0 Å². The lowest BCUT2D eigenvalue weighted by Crippen LogP contribution is -2.55. The van der Waals surface area contributed by atoms with Crippen LogP contribution in [0.25, 0.3) is 11.1 Å². The minimum absolute atomic E-state index is 0.298. The first-order valence-corrected chi connectivity index (χ1v) is 8.86. The molecule has 0 radical (unpaired) electrons. The number of benzene rings is 3. The van der Waals surface area contributed by atoms with Crippen molar-refractivity contribution in [3.8, 4) is 11.1 Å². The third-order valence-electron chi connectivity index (χ3n) is 5.12. The highest BCUT2D eigenvalue weighted by Crippen LogP contribution is 2.31. The van der Waals surface area contributed by atoms with E-state index in [0.29, 0.717) is 18.4 Å². The van der Waals surface area contributed by atoms with Gasteiger partial charge in [-0.3, -0.25) is 4.79 Å². The molecule has 0 fully saturated rings. The molecule has 0 aromatic heterocycles. The van der Waals surface area contributed by atoms with Crippen LogP contribution in [-0.2, 0) is 17.6 Å². The fourth-order valence-corrected chi connectivity index (χ4v) is 3.64. The molecular formula is C23H19NO3. The molecule has 3 aromatic carbocycles. The minimum atomic E-state index is -1.29. The normalized spacial score (nSPS) is 14.4. The van der Waals surface area contributed by atoms with E-state index in [2.05, 4.69) is 5.32 Å². The van der Waals surface area contributed by atoms with Gasteiger partial charge < -0.3 is 10.4 Å². The SMILES string of the molecule is O=C(NC1(C(=O)O)Cc2ccccc2C1)c1ccc(-c2ccccc2)cc1. The van der Waals surface area contributed by atoms with E-state index in [1.54, 1.807) is 12.1 Å². The second kappa shape index (κ2) is 6.72.